The second-order valence-corrected chi connectivity index (χ2v) is 10.5. The molecule has 1 unspecified atom stereocenters. The van der Waals surface area contributed by atoms with Gasteiger partial charge in [0, 0.05) is 17.5 Å². The van der Waals surface area contributed by atoms with Gasteiger partial charge >= 0.3 is 0 Å². The molecule has 2 N–H and O–H groups in total. The molecule has 8 nitrogen and oxygen atoms in total. The van der Waals surface area contributed by atoms with Gasteiger partial charge < -0.3 is 10.6 Å². The van der Waals surface area contributed by atoms with E-state index in [0.717, 1.165) is 18.4 Å². The van der Waals surface area contributed by atoms with Gasteiger partial charge in [0.15, 0.2) is 0 Å². The smallest absolute Gasteiger partial charge is 0.137 e. The molecule has 1 fully saturated rings. The maximum Gasteiger partial charge on any atom is 0.137 e. The molecule has 6 rings (SSSR count). The lowest BCUT2D eigenvalue weighted by molar-refractivity contribution is 0.610. The standard InChI is InChI=1S/C30H25BClFN8/c31-30(20-8-10-21(33)11-9-20,27-17-41(40-39-27)23-12-13-23)38-22-15-24-28(25(32)16-22)35-18-36-29(24)37-26(7-4-14-34)19-5-2-1-3-6-19/h1-3,5-6,8-11,15-18,23,26,38H,4,7,12-13H2,(H,35,36,37)/t26-,30?/m1/s1. The third kappa shape index (κ3) is 5.58. The molecule has 0 spiro atoms. The van der Waals surface area contributed by atoms with Crippen molar-refractivity contribution >= 4 is 41.9 Å². The number of nitrogens with zero attached hydrogens (tertiary/aromatic N) is 6. The fourth-order valence-electron chi connectivity index (χ4n) is 4.89. The first-order chi connectivity index (χ1) is 19.9. The molecular weight excluding hydrogens is 538 g/mol. The Hall–Kier alpha value is -4.49. The van der Waals surface area contributed by atoms with Crippen LogP contribution in [0.4, 0.5) is 15.9 Å². The maximum atomic E-state index is 13.8. The fourth-order valence-corrected chi connectivity index (χ4v) is 5.16. The summed E-state index contributed by atoms with van der Waals surface area (Å²) in [4.78, 5) is 8.94. The third-order valence-electron chi connectivity index (χ3n) is 7.23. The first-order valence-electron chi connectivity index (χ1n) is 13.3. The first-order valence-corrected chi connectivity index (χ1v) is 13.7. The quantitative estimate of drug-likeness (QED) is 0.193. The van der Waals surface area contributed by atoms with E-state index in [-0.39, 0.29) is 11.9 Å². The molecule has 0 aliphatic heterocycles. The normalized spacial score (nSPS) is 15.1. The highest BCUT2D eigenvalue weighted by molar-refractivity contribution is 6.35. The van der Waals surface area contributed by atoms with Gasteiger partial charge in [-0.1, -0.05) is 59.3 Å². The van der Waals surface area contributed by atoms with Crippen molar-refractivity contribution in [1.29, 1.82) is 5.26 Å². The van der Waals surface area contributed by atoms with Crippen LogP contribution in [0.2, 0.25) is 5.02 Å². The van der Waals surface area contributed by atoms with E-state index in [1.54, 1.807) is 18.2 Å². The monoisotopic (exact) mass is 562 g/mol. The van der Waals surface area contributed by atoms with Gasteiger partial charge in [-0.05, 0) is 54.7 Å². The summed E-state index contributed by atoms with van der Waals surface area (Å²) in [5.74, 6) is 0.195. The Labute approximate surface area is 243 Å². The Kier molecular flexibility index (Phi) is 7.29. The van der Waals surface area contributed by atoms with Crippen LogP contribution >= 0.6 is 11.6 Å². The molecule has 2 radical (unpaired) electrons. The van der Waals surface area contributed by atoms with Gasteiger partial charge in [0.1, 0.15) is 31.5 Å². The van der Waals surface area contributed by atoms with Gasteiger partial charge in [-0.3, -0.25) is 0 Å². The van der Waals surface area contributed by atoms with Gasteiger partial charge in [0.25, 0.3) is 0 Å². The van der Waals surface area contributed by atoms with Crippen molar-refractivity contribution in [3.63, 3.8) is 0 Å². The number of nitriles is 1. The minimum absolute atomic E-state index is 0.158. The molecule has 2 atom stereocenters. The number of aromatic nitrogens is 5. The molecule has 202 valence electrons. The summed E-state index contributed by atoms with van der Waals surface area (Å²) in [6, 6.07) is 21.8. The summed E-state index contributed by atoms with van der Waals surface area (Å²) >= 11 is 6.74. The van der Waals surface area contributed by atoms with Crippen LogP contribution in [-0.4, -0.2) is 32.8 Å². The molecule has 1 aliphatic rings. The fraction of sp³-hybridized carbons (Fsp3) is 0.233. The van der Waals surface area contributed by atoms with Crippen LogP contribution in [0.15, 0.2) is 79.3 Å². The first kappa shape index (κ1) is 26.7. The highest BCUT2D eigenvalue weighted by atomic mass is 35.5. The number of halogens is 2. The molecule has 0 amide bonds. The van der Waals surface area contributed by atoms with Crippen molar-refractivity contribution in [2.45, 2.75) is 43.2 Å². The van der Waals surface area contributed by atoms with Crippen LogP contribution in [0.3, 0.4) is 0 Å². The zero-order valence-corrected chi connectivity index (χ0v) is 22.8. The molecule has 1 saturated carbocycles. The van der Waals surface area contributed by atoms with Crippen LogP contribution in [0.25, 0.3) is 10.9 Å². The predicted octanol–water partition coefficient (Wildman–Crippen LogP) is 6.29. The van der Waals surface area contributed by atoms with Crippen molar-refractivity contribution in [3.05, 3.63) is 107 Å². The Balaban J connectivity index is 1.40. The molecule has 41 heavy (non-hydrogen) atoms. The summed E-state index contributed by atoms with van der Waals surface area (Å²) in [5, 5.41) is 25.9. The van der Waals surface area contributed by atoms with E-state index in [0.29, 0.717) is 57.6 Å². The molecule has 0 bridgehead atoms. The minimum Gasteiger partial charge on any atom is -0.378 e. The zero-order chi connectivity index (χ0) is 28.4. The number of fused-ring (bicyclic) bond motifs is 1. The van der Waals surface area contributed by atoms with Crippen molar-refractivity contribution in [2.75, 3.05) is 10.6 Å². The highest BCUT2D eigenvalue weighted by Gasteiger charge is 2.34. The average molecular weight is 563 g/mol. The Bertz CT molecular complexity index is 1720. The molecular formula is C30H25BClFN8. The van der Waals surface area contributed by atoms with E-state index in [9.17, 15) is 9.65 Å². The average Bonchev–Trinajstić information content (AvgIpc) is 3.71. The summed E-state index contributed by atoms with van der Waals surface area (Å²) in [7, 11) is 7.03. The molecule has 5 aromatic rings. The molecule has 11 heteroatoms. The minimum atomic E-state index is -1.35. The number of anilines is 2. The topological polar surface area (TPSA) is 104 Å². The number of rotatable bonds is 10. The largest absolute Gasteiger partial charge is 0.378 e. The SMILES string of the molecule is [B]C(Nc1cc(Cl)c2ncnc(N[C@H](CCC#N)c3ccccc3)c2c1)(c1ccc(F)cc1)c1cn(C2CC2)nn1. The second kappa shape index (κ2) is 11.2. The van der Waals surface area contributed by atoms with Gasteiger partial charge in [-0.15, -0.1) is 5.10 Å². The molecule has 0 saturated heterocycles. The van der Waals surface area contributed by atoms with Gasteiger partial charge in [0.05, 0.1) is 40.3 Å². The number of benzene rings is 3. The van der Waals surface area contributed by atoms with E-state index in [2.05, 4.69) is 37.0 Å². The summed E-state index contributed by atoms with van der Waals surface area (Å²) < 4.78 is 15.7. The Morgan fingerprint density at radius 2 is 1.90 bits per heavy atom. The van der Waals surface area contributed by atoms with Crippen LogP contribution in [0.5, 0.6) is 0 Å². The van der Waals surface area contributed by atoms with Crippen LogP contribution in [0, 0.1) is 17.1 Å². The van der Waals surface area contributed by atoms with Gasteiger partial charge in [-0.25, -0.2) is 19.0 Å². The molecule has 2 heterocycles. The van der Waals surface area contributed by atoms with Gasteiger partial charge in [-0.2, -0.15) is 5.26 Å². The summed E-state index contributed by atoms with van der Waals surface area (Å²) in [5.41, 5.74) is 1.91. The summed E-state index contributed by atoms with van der Waals surface area (Å²) in [6.45, 7) is 0. The van der Waals surface area contributed by atoms with E-state index in [1.165, 1.54) is 18.5 Å². The van der Waals surface area contributed by atoms with Crippen molar-refractivity contribution in [3.8, 4) is 6.07 Å². The molecule has 1 aliphatic carbocycles. The summed E-state index contributed by atoms with van der Waals surface area (Å²) in [6.07, 6.45) is 6.32. The van der Waals surface area contributed by atoms with E-state index >= 15 is 0 Å². The lowest BCUT2D eigenvalue weighted by Crippen LogP contribution is -2.37. The van der Waals surface area contributed by atoms with Crippen molar-refractivity contribution in [1.82, 2.24) is 25.0 Å². The van der Waals surface area contributed by atoms with Crippen molar-refractivity contribution in [2.24, 2.45) is 0 Å². The third-order valence-corrected chi connectivity index (χ3v) is 7.51. The zero-order valence-electron chi connectivity index (χ0n) is 22.0. The van der Waals surface area contributed by atoms with E-state index < -0.39 is 5.44 Å². The predicted molar refractivity (Wildman–Crippen MR) is 157 cm³/mol. The van der Waals surface area contributed by atoms with Crippen molar-refractivity contribution < 1.29 is 4.39 Å². The second-order valence-electron chi connectivity index (χ2n) is 10.1. The van der Waals surface area contributed by atoms with Crippen LogP contribution < -0.4 is 10.6 Å². The number of nitrogens with one attached hydrogen (secondary N) is 2. The molecule has 3 aromatic carbocycles. The van der Waals surface area contributed by atoms with Crippen LogP contribution in [0.1, 0.15) is 54.6 Å². The Morgan fingerprint density at radius 3 is 2.63 bits per heavy atom. The molecule has 2 aromatic heterocycles. The highest BCUT2D eigenvalue weighted by Crippen LogP contribution is 2.38. The van der Waals surface area contributed by atoms with E-state index in [4.69, 9.17) is 19.4 Å². The number of hydrogen-bond acceptors (Lipinski definition) is 7. The number of hydrogen-bond donors (Lipinski definition) is 2. The van der Waals surface area contributed by atoms with Crippen LogP contribution in [-0.2, 0) is 5.44 Å². The Morgan fingerprint density at radius 1 is 1.12 bits per heavy atom. The lowest BCUT2D eigenvalue weighted by Gasteiger charge is -2.32. The van der Waals surface area contributed by atoms with E-state index in [1.807, 2.05) is 47.3 Å². The van der Waals surface area contributed by atoms with Gasteiger partial charge in [0.2, 0.25) is 0 Å². The lowest BCUT2D eigenvalue weighted by atomic mass is 9.69. The maximum absolute atomic E-state index is 13.8.